The van der Waals surface area contributed by atoms with Crippen LogP contribution >= 0.6 is 11.3 Å². The number of hydrogen-bond acceptors (Lipinski definition) is 3. The Hall–Kier alpha value is -0.410. The van der Waals surface area contributed by atoms with Gasteiger partial charge in [-0.1, -0.05) is 53.9 Å². The molecular weight excluding hydrogens is 264 g/mol. The smallest absolute Gasteiger partial charge is 0.0944 e. The van der Waals surface area contributed by atoms with Crippen molar-refractivity contribution in [2.75, 3.05) is 6.54 Å². The Kier molecular flexibility index (Phi) is 7.75. The predicted octanol–water partition coefficient (Wildman–Crippen LogP) is 4.93. The number of rotatable bonds is 9. The van der Waals surface area contributed by atoms with Crippen molar-refractivity contribution in [3.05, 3.63) is 16.1 Å². The van der Waals surface area contributed by atoms with Crippen LogP contribution < -0.4 is 5.32 Å². The fraction of sp³-hybridized carbons (Fsp3) is 0.824. The van der Waals surface area contributed by atoms with E-state index in [0.717, 1.165) is 13.0 Å². The summed E-state index contributed by atoms with van der Waals surface area (Å²) in [5.41, 5.74) is 1.41. The third kappa shape index (κ3) is 6.36. The molecule has 0 saturated carbocycles. The summed E-state index contributed by atoms with van der Waals surface area (Å²) in [6.45, 7) is 12.3. The van der Waals surface area contributed by atoms with Crippen LogP contribution in [0.25, 0.3) is 0 Å². The summed E-state index contributed by atoms with van der Waals surface area (Å²) >= 11 is 1.83. The molecule has 0 fully saturated rings. The summed E-state index contributed by atoms with van der Waals surface area (Å²) in [5.74, 6) is 0. The van der Waals surface area contributed by atoms with Crippen molar-refractivity contribution >= 4 is 11.3 Å². The molecule has 1 aromatic rings. The second-order valence-electron chi connectivity index (χ2n) is 6.73. The van der Waals surface area contributed by atoms with Crippen molar-refractivity contribution < 1.29 is 0 Å². The Morgan fingerprint density at radius 3 is 2.50 bits per heavy atom. The molecule has 116 valence electrons. The van der Waals surface area contributed by atoms with E-state index in [-0.39, 0.29) is 5.41 Å². The van der Waals surface area contributed by atoms with Crippen LogP contribution in [0.3, 0.4) is 0 Å². The van der Waals surface area contributed by atoms with E-state index in [1.54, 1.807) is 0 Å². The molecule has 1 unspecified atom stereocenters. The van der Waals surface area contributed by atoms with Gasteiger partial charge < -0.3 is 5.32 Å². The largest absolute Gasteiger partial charge is 0.314 e. The molecule has 0 amide bonds. The van der Waals surface area contributed by atoms with Gasteiger partial charge in [-0.25, -0.2) is 4.98 Å². The molecule has 0 radical (unpaired) electrons. The minimum Gasteiger partial charge on any atom is -0.314 e. The van der Waals surface area contributed by atoms with Crippen molar-refractivity contribution in [3.63, 3.8) is 0 Å². The van der Waals surface area contributed by atoms with E-state index in [2.05, 4.69) is 45.3 Å². The molecule has 0 aliphatic carbocycles. The zero-order chi connectivity index (χ0) is 15.0. The lowest BCUT2D eigenvalue weighted by atomic mass is 9.93. The Labute approximate surface area is 129 Å². The molecule has 1 rings (SSSR count). The maximum absolute atomic E-state index is 4.84. The van der Waals surface area contributed by atoms with Gasteiger partial charge in [-0.15, -0.1) is 11.3 Å². The fourth-order valence-electron chi connectivity index (χ4n) is 2.23. The highest BCUT2D eigenvalue weighted by molar-refractivity contribution is 7.09. The Bertz CT molecular complexity index is 365. The number of aromatic nitrogens is 1. The van der Waals surface area contributed by atoms with Gasteiger partial charge in [-0.3, -0.25) is 0 Å². The molecule has 3 heteroatoms. The number of unbranched alkanes of at least 4 members (excludes halogenated alkanes) is 2. The summed E-state index contributed by atoms with van der Waals surface area (Å²) in [4.78, 5) is 4.84. The van der Waals surface area contributed by atoms with E-state index in [9.17, 15) is 0 Å². The van der Waals surface area contributed by atoms with Gasteiger partial charge in [0.15, 0.2) is 0 Å². The van der Waals surface area contributed by atoms with Crippen molar-refractivity contribution in [2.45, 2.75) is 84.6 Å². The molecule has 1 aromatic heterocycles. The third-order valence-corrected chi connectivity index (χ3v) is 4.45. The first-order valence-corrected chi connectivity index (χ1v) is 9.03. The molecular formula is C17H32N2S. The van der Waals surface area contributed by atoms with Crippen molar-refractivity contribution in [3.8, 4) is 0 Å². The van der Waals surface area contributed by atoms with E-state index in [4.69, 9.17) is 4.98 Å². The molecule has 0 aliphatic heterocycles. The number of thiazole rings is 1. The topological polar surface area (TPSA) is 24.9 Å². The highest BCUT2D eigenvalue weighted by Gasteiger charge is 2.18. The first-order valence-electron chi connectivity index (χ1n) is 8.15. The number of hydrogen-bond donors (Lipinski definition) is 1. The van der Waals surface area contributed by atoms with E-state index in [1.165, 1.54) is 42.8 Å². The first-order chi connectivity index (χ1) is 9.47. The summed E-state index contributed by atoms with van der Waals surface area (Å²) < 4.78 is 0. The van der Waals surface area contributed by atoms with E-state index in [1.807, 2.05) is 11.3 Å². The zero-order valence-corrected chi connectivity index (χ0v) is 14.8. The summed E-state index contributed by atoms with van der Waals surface area (Å²) in [6, 6.07) is 0.598. The molecule has 20 heavy (non-hydrogen) atoms. The lowest BCUT2D eigenvalue weighted by Gasteiger charge is -2.18. The maximum Gasteiger partial charge on any atom is 0.0944 e. The van der Waals surface area contributed by atoms with Crippen molar-refractivity contribution in [1.82, 2.24) is 10.3 Å². The Balaban J connectivity index is 2.56. The minimum absolute atomic E-state index is 0.170. The van der Waals surface area contributed by atoms with Crippen LogP contribution in [-0.2, 0) is 11.8 Å². The van der Waals surface area contributed by atoms with Gasteiger partial charge in [0.2, 0.25) is 0 Å². The number of nitrogens with one attached hydrogen (secondary N) is 1. The lowest BCUT2D eigenvalue weighted by molar-refractivity contribution is 0.454. The summed E-state index contributed by atoms with van der Waals surface area (Å²) in [7, 11) is 0. The first kappa shape index (κ1) is 17.6. The quantitative estimate of drug-likeness (QED) is 0.653. The SMILES string of the molecule is CCCCCC(Cc1nc(C(C)(C)C)cs1)NCCC. The summed E-state index contributed by atoms with van der Waals surface area (Å²) in [5, 5.41) is 7.22. The van der Waals surface area contributed by atoms with Gasteiger partial charge in [0, 0.05) is 23.3 Å². The van der Waals surface area contributed by atoms with Gasteiger partial charge >= 0.3 is 0 Å². The third-order valence-electron chi connectivity index (χ3n) is 3.58. The van der Waals surface area contributed by atoms with E-state index in [0.29, 0.717) is 6.04 Å². The number of nitrogens with zero attached hydrogens (tertiary/aromatic N) is 1. The van der Waals surface area contributed by atoms with Gasteiger partial charge in [0.25, 0.3) is 0 Å². The van der Waals surface area contributed by atoms with Crippen LogP contribution in [0.4, 0.5) is 0 Å². The predicted molar refractivity (Wildman–Crippen MR) is 90.7 cm³/mol. The van der Waals surface area contributed by atoms with Gasteiger partial charge in [0.1, 0.15) is 0 Å². The van der Waals surface area contributed by atoms with Crippen LogP contribution in [0.2, 0.25) is 0 Å². The van der Waals surface area contributed by atoms with Crippen LogP contribution in [0.5, 0.6) is 0 Å². The standard InChI is InChI=1S/C17H32N2S/c1-6-8-9-10-14(18-11-7-2)12-16-19-15(13-20-16)17(3,4)5/h13-14,18H,6-12H2,1-5H3. The van der Waals surface area contributed by atoms with Crippen LogP contribution in [0.15, 0.2) is 5.38 Å². The fourth-order valence-corrected chi connectivity index (χ4v) is 3.33. The average Bonchev–Trinajstić information content (AvgIpc) is 2.84. The zero-order valence-electron chi connectivity index (χ0n) is 14.0. The second-order valence-corrected chi connectivity index (χ2v) is 7.67. The van der Waals surface area contributed by atoms with Gasteiger partial charge in [-0.2, -0.15) is 0 Å². The minimum atomic E-state index is 0.170. The molecule has 1 heterocycles. The van der Waals surface area contributed by atoms with Crippen LogP contribution in [0, 0.1) is 0 Å². The molecule has 2 nitrogen and oxygen atoms in total. The summed E-state index contributed by atoms with van der Waals surface area (Å²) in [6.07, 6.45) is 7.54. The maximum atomic E-state index is 4.84. The average molecular weight is 297 g/mol. The Morgan fingerprint density at radius 1 is 1.20 bits per heavy atom. The van der Waals surface area contributed by atoms with Crippen molar-refractivity contribution in [2.24, 2.45) is 0 Å². The molecule has 0 aliphatic rings. The molecule has 0 aromatic carbocycles. The van der Waals surface area contributed by atoms with Gasteiger partial charge in [-0.05, 0) is 19.4 Å². The van der Waals surface area contributed by atoms with E-state index < -0.39 is 0 Å². The molecule has 0 bridgehead atoms. The Morgan fingerprint density at radius 2 is 1.95 bits per heavy atom. The molecule has 0 saturated heterocycles. The van der Waals surface area contributed by atoms with Crippen LogP contribution in [0.1, 0.15) is 77.4 Å². The highest BCUT2D eigenvalue weighted by Crippen LogP contribution is 2.24. The van der Waals surface area contributed by atoms with E-state index >= 15 is 0 Å². The second kappa shape index (κ2) is 8.78. The normalized spacial score (nSPS) is 13.7. The van der Waals surface area contributed by atoms with Crippen LogP contribution in [-0.4, -0.2) is 17.6 Å². The van der Waals surface area contributed by atoms with Gasteiger partial charge in [0.05, 0.1) is 10.7 Å². The highest BCUT2D eigenvalue weighted by atomic mass is 32.1. The lowest BCUT2D eigenvalue weighted by Crippen LogP contribution is -2.31. The molecule has 0 spiro atoms. The molecule has 1 atom stereocenters. The molecule has 1 N–H and O–H groups in total. The van der Waals surface area contributed by atoms with Crippen molar-refractivity contribution in [1.29, 1.82) is 0 Å². The monoisotopic (exact) mass is 296 g/mol.